The fourth-order valence-corrected chi connectivity index (χ4v) is 3.75. The van der Waals surface area contributed by atoms with Crippen molar-refractivity contribution in [3.05, 3.63) is 77.9 Å². The summed E-state index contributed by atoms with van der Waals surface area (Å²) in [5.41, 5.74) is 2.15. The van der Waals surface area contributed by atoms with Gasteiger partial charge in [0.25, 0.3) is 5.91 Å². The molecular weight excluding hydrogens is 402 g/mol. The number of likely N-dealkylation sites (tertiary alicyclic amines) is 1. The lowest BCUT2D eigenvalue weighted by molar-refractivity contribution is -0.184. The molecule has 0 aromatic heterocycles. The lowest BCUT2D eigenvalue weighted by Crippen LogP contribution is -2.70. The first-order chi connectivity index (χ1) is 13.0. The number of amides is 1. The van der Waals surface area contributed by atoms with Crippen LogP contribution >= 0.6 is 15.9 Å². The Labute approximate surface area is 170 Å². The van der Waals surface area contributed by atoms with Gasteiger partial charge in [0.15, 0.2) is 6.10 Å². The zero-order valence-corrected chi connectivity index (χ0v) is 17.4. The molecule has 3 rings (SSSR count). The molecule has 0 unspecified atom stereocenters. The summed E-state index contributed by atoms with van der Waals surface area (Å²) >= 11 is 3.61. The quantitative estimate of drug-likeness (QED) is 0.442. The summed E-state index contributed by atoms with van der Waals surface area (Å²) in [5.74, 6) is 0.0719. The fourth-order valence-electron chi connectivity index (χ4n) is 3.42. The lowest BCUT2D eigenvalue weighted by Gasteiger charge is -2.53. The molecule has 2 aromatic rings. The van der Waals surface area contributed by atoms with Gasteiger partial charge in [-0.05, 0) is 16.5 Å². The van der Waals surface area contributed by atoms with E-state index in [2.05, 4.69) is 54.1 Å². The molecule has 1 fully saturated rings. The molecule has 0 N–H and O–H groups in total. The number of nitrogens with zero attached hydrogens (tertiary/aromatic N) is 1. The second-order valence-corrected chi connectivity index (χ2v) is 8.15. The maximum absolute atomic E-state index is 12.8. The summed E-state index contributed by atoms with van der Waals surface area (Å²) in [4.78, 5) is 14.7. The number of hydrogen-bond acceptors (Lipinski definition) is 2. The predicted octanol–water partition coefficient (Wildman–Crippen LogP) is 4.92. The highest BCUT2D eigenvalue weighted by Crippen LogP contribution is 2.38. The van der Waals surface area contributed by atoms with Crippen LogP contribution in [0.4, 0.5) is 0 Å². The molecule has 1 aliphatic heterocycles. The molecule has 0 aliphatic carbocycles. The predicted molar refractivity (Wildman–Crippen MR) is 114 cm³/mol. The molecule has 4 heteroatoms. The maximum Gasteiger partial charge on any atom is 0.254 e. The van der Waals surface area contributed by atoms with Crippen molar-refractivity contribution >= 4 is 27.9 Å². The van der Waals surface area contributed by atoms with Gasteiger partial charge in [0.2, 0.25) is 0 Å². The highest BCUT2D eigenvalue weighted by Gasteiger charge is 2.54. The van der Waals surface area contributed by atoms with Crippen LogP contribution in [0.2, 0.25) is 0 Å². The lowest BCUT2D eigenvalue weighted by atomic mass is 9.76. The maximum atomic E-state index is 12.8. The SMILES string of the molecule is CC(C)(CBr)[C@@H]1[C@H](OCc2ccccc2)C(=O)N1C/C=C/c1ccccc1. The van der Waals surface area contributed by atoms with Crippen molar-refractivity contribution < 1.29 is 9.53 Å². The monoisotopic (exact) mass is 427 g/mol. The third-order valence-electron chi connectivity index (χ3n) is 4.98. The average molecular weight is 428 g/mol. The second kappa shape index (κ2) is 8.85. The first-order valence-electron chi connectivity index (χ1n) is 9.26. The number of alkyl halides is 1. The molecule has 0 bridgehead atoms. The number of hydrogen-bond donors (Lipinski definition) is 0. The van der Waals surface area contributed by atoms with Crippen LogP contribution in [0.5, 0.6) is 0 Å². The van der Waals surface area contributed by atoms with Gasteiger partial charge < -0.3 is 9.64 Å². The highest BCUT2D eigenvalue weighted by atomic mass is 79.9. The first kappa shape index (κ1) is 19.8. The number of carbonyl (C=O) groups excluding carboxylic acids is 1. The van der Waals surface area contributed by atoms with Crippen LogP contribution in [-0.4, -0.2) is 34.8 Å². The molecule has 1 amide bonds. The van der Waals surface area contributed by atoms with Crippen LogP contribution in [0, 0.1) is 5.41 Å². The average Bonchev–Trinajstić information content (AvgIpc) is 2.70. The van der Waals surface area contributed by atoms with Crippen molar-refractivity contribution in [3.8, 4) is 0 Å². The summed E-state index contributed by atoms with van der Waals surface area (Å²) in [6.07, 6.45) is 3.73. The summed E-state index contributed by atoms with van der Waals surface area (Å²) < 4.78 is 6.04. The van der Waals surface area contributed by atoms with Crippen LogP contribution in [0.1, 0.15) is 25.0 Å². The fraction of sp³-hybridized carbons (Fsp3) is 0.348. The second-order valence-electron chi connectivity index (χ2n) is 7.59. The van der Waals surface area contributed by atoms with Crippen molar-refractivity contribution in [2.75, 3.05) is 11.9 Å². The molecule has 0 radical (unpaired) electrons. The summed E-state index contributed by atoms with van der Waals surface area (Å²) in [7, 11) is 0. The van der Waals surface area contributed by atoms with Crippen molar-refractivity contribution in [2.24, 2.45) is 5.41 Å². The number of benzene rings is 2. The van der Waals surface area contributed by atoms with Gasteiger partial charge in [-0.2, -0.15) is 0 Å². The Morgan fingerprint density at radius 3 is 2.33 bits per heavy atom. The van der Waals surface area contributed by atoms with Gasteiger partial charge in [0.05, 0.1) is 12.6 Å². The van der Waals surface area contributed by atoms with Crippen molar-refractivity contribution in [1.29, 1.82) is 0 Å². The number of β-lactam (4-membered cyclic amide) rings is 1. The van der Waals surface area contributed by atoms with Crippen molar-refractivity contribution in [3.63, 3.8) is 0 Å². The zero-order valence-electron chi connectivity index (χ0n) is 15.8. The van der Waals surface area contributed by atoms with Crippen molar-refractivity contribution in [1.82, 2.24) is 4.90 Å². The van der Waals surface area contributed by atoms with Crippen LogP contribution in [0.25, 0.3) is 6.08 Å². The van der Waals surface area contributed by atoms with E-state index in [0.29, 0.717) is 13.2 Å². The van der Waals surface area contributed by atoms with Gasteiger partial charge in [-0.15, -0.1) is 0 Å². The Kier molecular flexibility index (Phi) is 6.51. The largest absolute Gasteiger partial charge is 0.361 e. The minimum Gasteiger partial charge on any atom is -0.361 e. The highest BCUT2D eigenvalue weighted by molar-refractivity contribution is 9.09. The Balaban J connectivity index is 1.66. The summed E-state index contributed by atoms with van der Waals surface area (Å²) in [6.45, 7) is 5.40. The van der Waals surface area contributed by atoms with Crippen molar-refractivity contribution in [2.45, 2.75) is 32.6 Å². The normalized spacial score (nSPS) is 20.1. The molecule has 1 heterocycles. The molecule has 0 saturated carbocycles. The molecule has 1 saturated heterocycles. The van der Waals surface area contributed by atoms with Gasteiger partial charge in [0.1, 0.15) is 0 Å². The Morgan fingerprint density at radius 2 is 1.70 bits per heavy atom. The minimum absolute atomic E-state index is 0.0495. The Morgan fingerprint density at radius 1 is 1.07 bits per heavy atom. The van der Waals surface area contributed by atoms with Crippen LogP contribution < -0.4 is 0 Å². The minimum atomic E-state index is -0.386. The smallest absolute Gasteiger partial charge is 0.254 e. The molecule has 2 atom stereocenters. The van der Waals surface area contributed by atoms with E-state index in [0.717, 1.165) is 16.5 Å². The molecule has 0 spiro atoms. The standard InChI is InChI=1S/C23H26BrNO2/c1-23(2,17-24)21-20(27-16-19-12-7-4-8-13-19)22(26)25(21)15-9-14-18-10-5-3-6-11-18/h3-14,20-21H,15-17H2,1-2H3/b14-9+/t20-,21-/m0/s1. The topological polar surface area (TPSA) is 29.5 Å². The summed E-state index contributed by atoms with van der Waals surface area (Å²) in [5, 5.41) is 0.808. The number of rotatable bonds is 8. The molecule has 1 aliphatic rings. The van der Waals surface area contributed by atoms with E-state index in [4.69, 9.17) is 4.74 Å². The van der Waals surface area contributed by atoms with Gasteiger partial charge >= 0.3 is 0 Å². The third-order valence-corrected chi connectivity index (χ3v) is 6.42. The molecule has 2 aromatic carbocycles. The zero-order chi connectivity index (χ0) is 19.3. The number of halogens is 1. The van der Waals surface area contributed by atoms with E-state index in [1.54, 1.807) is 0 Å². The number of carbonyl (C=O) groups is 1. The molecule has 3 nitrogen and oxygen atoms in total. The summed E-state index contributed by atoms with van der Waals surface area (Å²) in [6, 6.07) is 20.2. The Hall–Kier alpha value is -1.91. The molecule has 27 heavy (non-hydrogen) atoms. The van der Waals surface area contributed by atoms with Crippen LogP contribution in [0.3, 0.4) is 0 Å². The Bertz CT molecular complexity index is 773. The van der Waals surface area contributed by atoms with Gasteiger partial charge in [-0.1, -0.05) is 103 Å². The van der Waals surface area contributed by atoms with E-state index in [-0.39, 0.29) is 23.5 Å². The van der Waals surface area contributed by atoms with Gasteiger partial charge in [0, 0.05) is 11.9 Å². The third kappa shape index (κ3) is 4.69. The van der Waals surface area contributed by atoms with Gasteiger partial charge in [-0.25, -0.2) is 0 Å². The van der Waals surface area contributed by atoms with E-state index in [1.807, 2.05) is 53.4 Å². The van der Waals surface area contributed by atoms with E-state index < -0.39 is 0 Å². The van der Waals surface area contributed by atoms with E-state index >= 15 is 0 Å². The van der Waals surface area contributed by atoms with E-state index in [1.165, 1.54) is 0 Å². The first-order valence-corrected chi connectivity index (χ1v) is 10.4. The van der Waals surface area contributed by atoms with Gasteiger partial charge in [-0.3, -0.25) is 4.79 Å². The van der Waals surface area contributed by atoms with Crippen LogP contribution in [0.15, 0.2) is 66.7 Å². The molecular formula is C23H26BrNO2. The van der Waals surface area contributed by atoms with E-state index in [9.17, 15) is 4.79 Å². The molecule has 142 valence electrons. The number of ether oxygens (including phenoxy) is 1. The van der Waals surface area contributed by atoms with Crippen LogP contribution in [-0.2, 0) is 16.1 Å².